The fourth-order valence-electron chi connectivity index (χ4n) is 2.94. The Morgan fingerprint density at radius 3 is 2.07 bits per heavy atom. The molecule has 30 heavy (non-hydrogen) atoms. The van der Waals surface area contributed by atoms with E-state index in [9.17, 15) is 13.2 Å². The third-order valence-electron chi connectivity index (χ3n) is 4.89. The number of nitrogens with zero attached hydrogens (tertiary/aromatic N) is 1. The highest BCUT2D eigenvalue weighted by Gasteiger charge is 2.21. The lowest BCUT2D eigenvalue weighted by molar-refractivity contribution is 0.0940. The van der Waals surface area contributed by atoms with Crippen molar-refractivity contribution in [3.63, 3.8) is 0 Å². The quantitative estimate of drug-likeness (QED) is 0.586. The Morgan fingerprint density at radius 1 is 0.933 bits per heavy atom. The molecule has 0 saturated heterocycles. The summed E-state index contributed by atoms with van der Waals surface area (Å²) in [6.07, 6.45) is 0. The summed E-state index contributed by atoms with van der Waals surface area (Å²) in [4.78, 5) is 12.7. The molecule has 0 spiro atoms. The van der Waals surface area contributed by atoms with E-state index >= 15 is 0 Å². The van der Waals surface area contributed by atoms with Gasteiger partial charge in [0.1, 0.15) is 0 Å². The summed E-state index contributed by atoms with van der Waals surface area (Å²) >= 11 is 5.84. The predicted octanol–water partition coefficient (Wildman–Crippen LogP) is 4.96. The lowest BCUT2D eigenvalue weighted by atomic mass is 10.1. The van der Waals surface area contributed by atoms with Crippen molar-refractivity contribution in [2.24, 2.45) is 0 Å². The molecule has 156 valence electrons. The third-order valence-corrected chi connectivity index (χ3v) is 6.94. The highest BCUT2D eigenvalue weighted by atomic mass is 35.5. The van der Waals surface area contributed by atoms with Crippen LogP contribution in [-0.4, -0.2) is 21.4 Å². The van der Waals surface area contributed by atoms with Crippen molar-refractivity contribution in [2.45, 2.75) is 24.8 Å². The summed E-state index contributed by atoms with van der Waals surface area (Å²) in [5, 5.41) is 3.42. The molecule has 3 aromatic rings. The number of nitrogens with one attached hydrogen (secondary N) is 1. The average Bonchev–Trinajstić information content (AvgIpc) is 2.74. The van der Waals surface area contributed by atoms with Gasteiger partial charge in [-0.05, 0) is 67.9 Å². The molecule has 1 unspecified atom stereocenters. The molecule has 7 heteroatoms. The number of anilines is 1. The first-order valence-electron chi connectivity index (χ1n) is 9.40. The van der Waals surface area contributed by atoms with E-state index in [0.29, 0.717) is 16.3 Å². The molecule has 3 rings (SSSR count). The van der Waals surface area contributed by atoms with E-state index in [1.807, 2.05) is 38.1 Å². The Balaban J connectivity index is 1.72. The number of halogens is 1. The van der Waals surface area contributed by atoms with Gasteiger partial charge in [-0.25, -0.2) is 8.42 Å². The van der Waals surface area contributed by atoms with Crippen molar-refractivity contribution in [3.8, 4) is 0 Å². The molecule has 0 heterocycles. The smallest absolute Gasteiger partial charge is 0.264 e. The van der Waals surface area contributed by atoms with Gasteiger partial charge >= 0.3 is 0 Å². The van der Waals surface area contributed by atoms with Crippen LogP contribution in [0, 0.1) is 6.92 Å². The van der Waals surface area contributed by atoms with Crippen LogP contribution >= 0.6 is 11.6 Å². The maximum Gasteiger partial charge on any atom is 0.264 e. The van der Waals surface area contributed by atoms with E-state index in [-0.39, 0.29) is 16.8 Å². The zero-order chi connectivity index (χ0) is 21.9. The second-order valence-electron chi connectivity index (χ2n) is 7.08. The van der Waals surface area contributed by atoms with E-state index in [2.05, 4.69) is 5.32 Å². The van der Waals surface area contributed by atoms with Gasteiger partial charge < -0.3 is 5.32 Å². The molecule has 5 nitrogen and oxygen atoms in total. The molecule has 1 amide bonds. The first-order chi connectivity index (χ1) is 14.2. The molecule has 3 aromatic carbocycles. The fourth-order valence-corrected chi connectivity index (χ4v) is 4.27. The van der Waals surface area contributed by atoms with E-state index < -0.39 is 10.0 Å². The minimum absolute atomic E-state index is 0.142. The molecule has 1 N–H and O–H groups in total. The molecule has 0 saturated carbocycles. The SMILES string of the molecule is Cc1ccc(C(C)NC(=O)c2ccc(N(C)S(=O)(=O)c3ccc(Cl)cc3)cc2)cc1. The molecule has 0 bridgehead atoms. The minimum atomic E-state index is -3.73. The van der Waals surface area contributed by atoms with Gasteiger partial charge in [0.05, 0.1) is 16.6 Å². The summed E-state index contributed by atoms with van der Waals surface area (Å²) in [6.45, 7) is 3.93. The molecule has 0 aliphatic rings. The van der Waals surface area contributed by atoms with Crippen molar-refractivity contribution >= 4 is 33.2 Å². The number of sulfonamides is 1. The van der Waals surface area contributed by atoms with Crippen LogP contribution in [-0.2, 0) is 10.0 Å². The number of carbonyl (C=O) groups excluding carboxylic acids is 1. The molecule has 0 radical (unpaired) electrons. The van der Waals surface area contributed by atoms with Crippen molar-refractivity contribution in [1.82, 2.24) is 5.32 Å². The van der Waals surface area contributed by atoms with Gasteiger partial charge in [-0.3, -0.25) is 9.10 Å². The van der Waals surface area contributed by atoms with Gasteiger partial charge in [0.25, 0.3) is 15.9 Å². The standard InChI is InChI=1S/C23H23ClN2O3S/c1-16-4-6-18(7-5-16)17(2)25-23(27)19-8-12-21(13-9-19)26(3)30(28,29)22-14-10-20(24)11-15-22/h4-15,17H,1-3H3,(H,25,27). The summed E-state index contributed by atoms with van der Waals surface area (Å²) in [7, 11) is -2.26. The van der Waals surface area contributed by atoms with Crippen LogP contribution in [0.15, 0.2) is 77.7 Å². The van der Waals surface area contributed by atoms with Crippen LogP contribution < -0.4 is 9.62 Å². The normalized spacial score (nSPS) is 12.3. The Morgan fingerprint density at radius 2 is 1.50 bits per heavy atom. The van der Waals surface area contributed by atoms with Gasteiger partial charge in [0.2, 0.25) is 0 Å². The molecule has 0 aliphatic heterocycles. The Hall–Kier alpha value is -2.83. The van der Waals surface area contributed by atoms with Crippen LogP contribution in [0.3, 0.4) is 0 Å². The molecular weight excluding hydrogens is 420 g/mol. The van der Waals surface area contributed by atoms with E-state index in [0.717, 1.165) is 11.1 Å². The monoisotopic (exact) mass is 442 g/mol. The van der Waals surface area contributed by atoms with Gasteiger partial charge in [0, 0.05) is 17.6 Å². The molecule has 0 aromatic heterocycles. The summed E-state index contributed by atoms with van der Waals surface area (Å²) in [5.74, 6) is -0.224. The highest BCUT2D eigenvalue weighted by Crippen LogP contribution is 2.24. The van der Waals surface area contributed by atoms with Gasteiger partial charge in [0.15, 0.2) is 0 Å². The Kier molecular flexibility index (Phi) is 6.48. The number of amides is 1. The maximum atomic E-state index is 12.8. The van der Waals surface area contributed by atoms with Gasteiger partial charge in [-0.15, -0.1) is 0 Å². The minimum Gasteiger partial charge on any atom is -0.346 e. The predicted molar refractivity (Wildman–Crippen MR) is 121 cm³/mol. The molecule has 1 atom stereocenters. The Bertz CT molecular complexity index is 1130. The largest absolute Gasteiger partial charge is 0.346 e. The number of hydrogen-bond donors (Lipinski definition) is 1. The van der Waals surface area contributed by atoms with E-state index in [1.54, 1.807) is 24.3 Å². The second-order valence-corrected chi connectivity index (χ2v) is 9.48. The number of carbonyl (C=O) groups is 1. The third kappa shape index (κ3) is 4.83. The van der Waals surface area contributed by atoms with Crippen LogP contribution in [0.1, 0.15) is 34.5 Å². The summed E-state index contributed by atoms with van der Waals surface area (Å²) in [5.41, 5.74) is 3.08. The zero-order valence-electron chi connectivity index (χ0n) is 17.0. The molecular formula is C23H23ClN2O3S. The van der Waals surface area contributed by atoms with Crippen molar-refractivity contribution in [1.29, 1.82) is 0 Å². The van der Waals surface area contributed by atoms with Crippen LogP contribution in [0.5, 0.6) is 0 Å². The van der Waals surface area contributed by atoms with Crippen LogP contribution in [0.25, 0.3) is 0 Å². The summed E-state index contributed by atoms with van der Waals surface area (Å²) in [6, 6.07) is 20.3. The van der Waals surface area contributed by atoms with Gasteiger partial charge in [-0.2, -0.15) is 0 Å². The number of benzene rings is 3. The van der Waals surface area contributed by atoms with E-state index in [1.165, 1.54) is 35.6 Å². The van der Waals surface area contributed by atoms with E-state index in [4.69, 9.17) is 11.6 Å². The average molecular weight is 443 g/mol. The molecule has 0 aliphatic carbocycles. The zero-order valence-corrected chi connectivity index (χ0v) is 18.5. The molecule has 0 fully saturated rings. The highest BCUT2D eigenvalue weighted by molar-refractivity contribution is 7.92. The van der Waals surface area contributed by atoms with Crippen LogP contribution in [0.4, 0.5) is 5.69 Å². The first kappa shape index (κ1) is 21.9. The Labute approximate surface area is 182 Å². The lowest BCUT2D eigenvalue weighted by Crippen LogP contribution is -2.28. The number of aryl methyl sites for hydroxylation is 1. The van der Waals surface area contributed by atoms with Crippen LogP contribution in [0.2, 0.25) is 5.02 Å². The topological polar surface area (TPSA) is 66.5 Å². The number of hydrogen-bond acceptors (Lipinski definition) is 3. The first-order valence-corrected chi connectivity index (χ1v) is 11.2. The summed E-state index contributed by atoms with van der Waals surface area (Å²) < 4.78 is 26.8. The lowest BCUT2D eigenvalue weighted by Gasteiger charge is -2.20. The second kappa shape index (κ2) is 8.90. The maximum absolute atomic E-state index is 12.8. The van der Waals surface area contributed by atoms with Crippen molar-refractivity contribution in [2.75, 3.05) is 11.4 Å². The van der Waals surface area contributed by atoms with Crippen molar-refractivity contribution < 1.29 is 13.2 Å². The number of rotatable bonds is 6. The van der Waals surface area contributed by atoms with Crippen molar-refractivity contribution in [3.05, 3.63) is 94.5 Å². The van der Waals surface area contributed by atoms with Gasteiger partial charge in [-0.1, -0.05) is 41.4 Å². The fraction of sp³-hybridized carbons (Fsp3) is 0.174.